The maximum atomic E-state index is 9.50. The lowest BCUT2D eigenvalue weighted by atomic mass is 10.1. The Bertz CT molecular complexity index is 313. The first-order valence-corrected chi connectivity index (χ1v) is 7.72. The van der Waals surface area contributed by atoms with Gasteiger partial charge in [-0.2, -0.15) is 0 Å². The highest BCUT2D eigenvalue weighted by molar-refractivity contribution is 4.97. The number of nitrogens with two attached hydrogens (primary N) is 1. The van der Waals surface area contributed by atoms with Gasteiger partial charge in [-0.05, 0) is 45.4 Å². The van der Waals surface area contributed by atoms with Crippen LogP contribution in [-0.4, -0.2) is 17.3 Å². The van der Waals surface area contributed by atoms with Crippen LogP contribution in [0.2, 0.25) is 0 Å². The first kappa shape index (κ1) is 18.9. The summed E-state index contributed by atoms with van der Waals surface area (Å²) in [7, 11) is 0. The molecule has 2 heteroatoms. The van der Waals surface area contributed by atoms with E-state index in [0.29, 0.717) is 6.42 Å². The average Bonchev–Trinajstić information content (AvgIpc) is 2.43. The smallest absolute Gasteiger partial charge is 0.0722 e. The van der Waals surface area contributed by atoms with Gasteiger partial charge in [0.25, 0.3) is 0 Å². The molecule has 0 aliphatic carbocycles. The van der Waals surface area contributed by atoms with E-state index in [2.05, 4.69) is 49.5 Å². The minimum atomic E-state index is -0.423. The molecular formula is C18H31NO. The Morgan fingerprint density at radius 3 is 1.90 bits per heavy atom. The lowest BCUT2D eigenvalue weighted by Gasteiger charge is -2.10. The number of unbranched alkanes of at least 4 members (excludes halogenated alkanes) is 1. The van der Waals surface area contributed by atoms with E-state index >= 15 is 0 Å². The number of aliphatic hydroxyl groups is 1. The van der Waals surface area contributed by atoms with E-state index < -0.39 is 6.10 Å². The Hall–Kier alpha value is -1.12. The molecule has 0 spiro atoms. The molecule has 2 atom stereocenters. The first-order valence-electron chi connectivity index (χ1n) is 7.72. The lowest BCUT2D eigenvalue weighted by molar-refractivity contribution is 0.154. The predicted molar refractivity (Wildman–Crippen MR) is 89.6 cm³/mol. The fourth-order valence-electron chi connectivity index (χ4n) is 1.59. The highest BCUT2D eigenvalue weighted by Gasteiger charge is 2.05. The summed E-state index contributed by atoms with van der Waals surface area (Å²) in [5, 5.41) is 9.50. The fourth-order valence-corrected chi connectivity index (χ4v) is 1.59. The zero-order chi connectivity index (χ0) is 15.1. The predicted octanol–water partition coefficient (Wildman–Crippen LogP) is 4.28. The van der Waals surface area contributed by atoms with Crippen LogP contribution in [0.25, 0.3) is 0 Å². The van der Waals surface area contributed by atoms with Crippen LogP contribution in [0.3, 0.4) is 0 Å². The van der Waals surface area contributed by atoms with Crippen molar-refractivity contribution in [3.8, 4) is 0 Å². The van der Waals surface area contributed by atoms with Crippen molar-refractivity contribution in [1.82, 2.24) is 0 Å². The fraction of sp³-hybridized carbons (Fsp3) is 0.556. The Labute approximate surface area is 124 Å². The van der Waals surface area contributed by atoms with E-state index in [1.54, 1.807) is 0 Å². The van der Waals surface area contributed by atoms with Gasteiger partial charge in [-0.3, -0.25) is 0 Å². The molecule has 0 amide bonds. The number of hydrogen-bond acceptors (Lipinski definition) is 2. The van der Waals surface area contributed by atoms with Gasteiger partial charge in [0.05, 0.1) is 6.10 Å². The molecule has 0 aromatic rings. The Morgan fingerprint density at radius 2 is 1.35 bits per heavy atom. The van der Waals surface area contributed by atoms with E-state index in [4.69, 9.17) is 5.73 Å². The third kappa shape index (κ3) is 13.3. The van der Waals surface area contributed by atoms with Crippen molar-refractivity contribution < 1.29 is 5.11 Å². The third-order valence-corrected chi connectivity index (χ3v) is 2.93. The molecule has 3 N–H and O–H groups in total. The minimum Gasteiger partial charge on any atom is -0.391 e. The van der Waals surface area contributed by atoms with Crippen LogP contribution in [0, 0.1) is 0 Å². The van der Waals surface area contributed by atoms with Crippen LogP contribution in [0.4, 0.5) is 0 Å². The van der Waals surface area contributed by atoms with Crippen LogP contribution >= 0.6 is 0 Å². The zero-order valence-corrected chi connectivity index (χ0v) is 13.0. The van der Waals surface area contributed by atoms with E-state index in [-0.39, 0.29) is 6.04 Å². The van der Waals surface area contributed by atoms with Crippen molar-refractivity contribution in [2.45, 2.75) is 64.5 Å². The van der Waals surface area contributed by atoms with Crippen molar-refractivity contribution in [3.05, 3.63) is 48.6 Å². The normalized spacial score (nSPS) is 16.0. The quantitative estimate of drug-likeness (QED) is 0.437. The largest absolute Gasteiger partial charge is 0.391 e. The van der Waals surface area contributed by atoms with Gasteiger partial charge in [-0.15, -0.1) is 0 Å². The maximum Gasteiger partial charge on any atom is 0.0722 e. The SMILES string of the molecule is CCC=CCC=CCC=CCCC=CCC(O)C(C)N. The second-order valence-corrected chi connectivity index (χ2v) is 5.00. The summed E-state index contributed by atoms with van der Waals surface area (Å²) in [5.41, 5.74) is 5.58. The summed E-state index contributed by atoms with van der Waals surface area (Å²) >= 11 is 0. The van der Waals surface area contributed by atoms with Crippen molar-refractivity contribution in [2.75, 3.05) is 0 Å². The van der Waals surface area contributed by atoms with Gasteiger partial charge in [-0.25, -0.2) is 0 Å². The van der Waals surface area contributed by atoms with Gasteiger partial charge >= 0.3 is 0 Å². The van der Waals surface area contributed by atoms with Gasteiger partial charge < -0.3 is 10.8 Å². The number of allylic oxidation sites excluding steroid dienone is 7. The molecule has 0 aromatic carbocycles. The van der Waals surface area contributed by atoms with Crippen LogP contribution in [0.1, 0.15) is 52.4 Å². The van der Waals surface area contributed by atoms with Crippen molar-refractivity contribution >= 4 is 0 Å². The maximum absolute atomic E-state index is 9.50. The first-order chi connectivity index (χ1) is 9.68. The van der Waals surface area contributed by atoms with E-state index in [1.165, 1.54) is 0 Å². The second-order valence-electron chi connectivity index (χ2n) is 5.00. The summed E-state index contributed by atoms with van der Waals surface area (Å²) in [4.78, 5) is 0. The Morgan fingerprint density at radius 1 is 0.850 bits per heavy atom. The molecule has 0 heterocycles. The highest BCUT2D eigenvalue weighted by atomic mass is 16.3. The summed E-state index contributed by atoms with van der Waals surface area (Å²) in [6.45, 7) is 3.97. The molecule has 0 fully saturated rings. The zero-order valence-electron chi connectivity index (χ0n) is 13.0. The Balaban J connectivity index is 3.48. The molecule has 0 saturated heterocycles. The molecule has 114 valence electrons. The second kappa shape index (κ2) is 14.3. The van der Waals surface area contributed by atoms with Crippen LogP contribution < -0.4 is 5.73 Å². The molecule has 0 bridgehead atoms. The number of rotatable bonds is 11. The molecule has 0 saturated carbocycles. The number of aliphatic hydroxyl groups excluding tert-OH is 1. The summed E-state index contributed by atoms with van der Waals surface area (Å²) in [5.74, 6) is 0. The van der Waals surface area contributed by atoms with Crippen LogP contribution in [0.15, 0.2) is 48.6 Å². The van der Waals surface area contributed by atoms with Gasteiger partial charge in [-0.1, -0.05) is 55.5 Å². The standard InChI is InChI=1S/C18H31NO/c1-3-4-5-6-7-8-9-10-11-12-13-14-15-16-18(20)17(2)19/h4-5,7-8,10-11,14-15,17-18,20H,3,6,9,12-13,16,19H2,1-2H3. The lowest BCUT2D eigenvalue weighted by Crippen LogP contribution is -2.30. The highest BCUT2D eigenvalue weighted by Crippen LogP contribution is 2.00. The van der Waals surface area contributed by atoms with Crippen molar-refractivity contribution in [3.63, 3.8) is 0 Å². The van der Waals surface area contributed by atoms with Crippen molar-refractivity contribution in [1.29, 1.82) is 0 Å². The summed E-state index contributed by atoms with van der Waals surface area (Å²) < 4.78 is 0. The molecule has 2 unspecified atom stereocenters. The van der Waals surface area contributed by atoms with E-state index in [0.717, 1.165) is 32.1 Å². The minimum absolute atomic E-state index is 0.154. The molecule has 0 radical (unpaired) electrons. The van der Waals surface area contributed by atoms with Crippen LogP contribution in [0.5, 0.6) is 0 Å². The molecule has 20 heavy (non-hydrogen) atoms. The molecule has 0 aromatic heterocycles. The molecular weight excluding hydrogens is 246 g/mol. The summed E-state index contributed by atoms with van der Waals surface area (Å²) in [6.07, 6.45) is 22.8. The van der Waals surface area contributed by atoms with Gasteiger partial charge in [0.2, 0.25) is 0 Å². The summed E-state index contributed by atoms with van der Waals surface area (Å²) in [6, 6.07) is -0.154. The molecule has 0 aliphatic heterocycles. The topological polar surface area (TPSA) is 46.2 Å². The molecule has 0 aliphatic rings. The van der Waals surface area contributed by atoms with Gasteiger partial charge in [0.1, 0.15) is 0 Å². The van der Waals surface area contributed by atoms with Gasteiger partial charge in [0, 0.05) is 6.04 Å². The molecule has 2 nitrogen and oxygen atoms in total. The van der Waals surface area contributed by atoms with Gasteiger partial charge in [0.15, 0.2) is 0 Å². The Kier molecular flexibility index (Phi) is 13.5. The van der Waals surface area contributed by atoms with E-state index in [1.807, 2.05) is 13.0 Å². The third-order valence-electron chi connectivity index (χ3n) is 2.93. The van der Waals surface area contributed by atoms with E-state index in [9.17, 15) is 5.11 Å². The monoisotopic (exact) mass is 277 g/mol. The average molecular weight is 277 g/mol. The van der Waals surface area contributed by atoms with Crippen molar-refractivity contribution in [2.24, 2.45) is 5.73 Å². The number of hydrogen-bond donors (Lipinski definition) is 2. The van der Waals surface area contributed by atoms with Crippen LogP contribution in [-0.2, 0) is 0 Å². The molecule has 0 rings (SSSR count).